The fourth-order valence-corrected chi connectivity index (χ4v) is 3.32. The summed E-state index contributed by atoms with van der Waals surface area (Å²) in [5.41, 5.74) is 4.39. The van der Waals surface area contributed by atoms with Crippen molar-refractivity contribution in [3.05, 3.63) is 96.4 Å². The van der Waals surface area contributed by atoms with Gasteiger partial charge in [0.2, 0.25) is 0 Å². The van der Waals surface area contributed by atoms with Crippen molar-refractivity contribution >= 4 is 22.4 Å². The van der Waals surface area contributed by atoms with Crippen LogP contribution < -0.4 is 5.32 Å². The lowest BCUT2D eigenvalue weighted by Crippen LogP contribution is -2.23. The summed E-state index contributed by atoms with van der Waals surface area (Å²) in [4.78, 5) is 16.9. The molecule has 3 N–H and O–H groups in total. The number of carbonyl (C=O) groups excluding carboxylic acids is 1. The van der Waals surface area contributed by atoms with Crippen molar-refractivity contribution in [1.82, 2.24) is 30.7 Å². The van der Waals surface area contributed by atoms with E-state index in [-0.39, 0.29) is 5.91 Å². The van der Waals surface area contributed by atoms with Gasteiger partial charge in [0.25, 0.3) is 5.91 Å². The maximum atomic E-state index is 12.9. The van der Waals surface area contributed by atoms with Crippen LogP contribution in [0.5, 0.6) is 0 Å². The molecule has 2 aromatic heterocycles. The summed E-state index contributed by atoms with van der Waals surface area (Å²) in [6.07, 6.45) is 13.9. The molecule has 1 amide bonds. The van der Waals surface area contributed by atoms with Gasteiger partial charge in [0.05, 0.1) is 11.2 Å². The number of benzene rings is 1. The van der Waals surface area contributed by atoms with E-state index < -0.39 is 5.83 Å². The number of hydrogen-bond donors (Lipinski definition) is 3. The highest BCUT2D eigenvalue weighted by Crippen LogP contribution is 2.29. The zero-order valence-electron chi connectivity index (χ0n) is 19.4. The van der Waals surface area contributed by atoms with E-state index in [1.165, 1.54) is 12.4 Å². The fraction of sp³-hybridized carbons (Fsp3) is 0.154. The molecule has 0 fully saturated rings. The third-order valence-electron chi connectivity index (χ3n) is 4.90. The van der Waals surface area contributed by atoms with Gasteiger partial charge in [-0.15, -0.1) is 0 Å². The van der Waals surface area contributed by atoms with Crippen molar-refractivity contribution in [1.29, 1.82) is 0 Å². The molecule has 3 aromatic rings. The number of hydrogen-bond acceptors (Lipinski definition) is 4. The first-order valence-electron chi connectivity index (χ1n) is 11.0. The minimum atomic E-state index is -0.617. The highest BCUT2D eigenvalue weighted by atomic mass is 19.1. The predicted molar refractivity (Wildman–Crippen MR) is 134 cm³/mol. The van der Waals surface area contributed by atoms with Gasteiger partial charge >= 0.3 is 0 Å². The van der Waals surface area contributed by atoms with Crippen LogP contribution in [0.4, 0.5) is 4.39 Å². The van der Waals surface area contributed by atoms with Gasteiger partial charge < -0.3 is 5.32 Å². The number of H-pyrrole nitrogens is 2. The number of carbonyl (C=O) groups is 1. The number of amides is 1. The van der Waals surface area contributed by atoms with Gasteiger partial charge in [-0.25, -0.2) is 9.37 Å². The number of aromatic nitrogens is 5. The molecule has 0 radical (unpaired) electrons. The van der Waals surface area contributed by atoms with Crippen LogP contribution in [0.1, 0.15) is 32.9 Å². The molecule has 1 aliphatic rings. The number of fused-ring (bicyclic) bond motifs is 1. The van der Waals surface area contributed by atoms with Gasteiger partial charge in [0.1, 0.15) is 12.2 Å². The van der Waals surface area contributed by atoms with E-state index in [4.69, 9.17) is 0 Å². The Morgan fingerprint density at radius 2 is 2.06 bits per heavy atom. The molecule has 7 nitrogen and oxygen atoms in total. The summed E-state index contributed by atoms with van der Waals surface area (Å²) in [7, 11) is 0. The molecule has 1 aromatic carbocycles. The molecule has 1 aliphatic carbocycles. The maximum absolute atomic E-state index is 12.9. The highest BCUT2D eigenvalue weighted by Gasteiger charge is 2.14. The van der Waals surface area contributed by atoms with Gasteiger partial charge in [-0.2, -0.15) is 10.2 Å². The minimum Gasteiger partial charge on any atom is -0.325 e. The molecule has 2 heterocycles. The maximum Gasteiger partial charge on any atom is 0.255 e. The lowest BCUT2D eigenvalue weighted by Gasteiger charge is -2.09. The van der Waals surface area contributed by atoms with Gasteiger partial charge in [0.15, 0.2) is 5.82 Å². The molecule has 0 saturated heterocycles. The molecule has 174 valence electrons. The number of nitrogens with zero attached hydrogens (tertiary/aromatic N) is 3. The summed E-state index contributed by atoms with van der Waals surface area (Å²) in [5.74, 6) is -0.278. The molecular weight excluding hydrogens is 431 g/mol. The Morgan fingerprint density at radius 3 is 2.76 bits per heavy atom. The normalized spacial score (nSPS) is 13.7. The average Bonchev–Trinajstić information content (AvgIpc) is 3.47. The van der Waals surface area contributed by atoms with E-state index in [9.17, 15) is 9.18 Å². The quantitative estimate of drug-likeness (QED) is 0.326. The van der Waals surface area contributed by atoms with Gasteiger partial charge in [-0.3, -0.25) is 15.0 Å². The monoisotopic (exact) mass is 458 g/mol. The van der Waals surface area contributed by atoms with Crippen LogP contribution in [-0.2, 0) is 4.79 Å². The van der Waals surface area contributed by atoms with Crippen molar-refractivity contribution in [2.75, 3.05) is 0 Å². The summed E-state index contributed by atoms with van der Waals surface area (Å²) in [6, 6.07) is 5.86. The number of rotatable bonds is 6. The Bertz CT molecular complexity index is 1320. The van der Waals surface area contributed by atoms with Crippen molar-refractivity contribution in [3.8, 4) is 11.4 Å². The van der Waals surface area contributed by atoms with Crippen LogP contribution in [0.15, 0.2) is 90.7 Å². The largest absolute Gasteiger partial charge is 0.325 e. The topological polar surface area (TPSA) is 99.3 Å². The first-order valence-corrected chi connectivity index (χ1v) is 11.0. The van der Waals surface area contributed by atoms with E-state index in [0.717, 1.165) is 33.8 Å². The first-order chi connectivity index (χ1) is 16.5. The van der Waals surface area contributed by atoms with Crippen LogP contribution in [0.3, 0.4) is 0 Å². The lowest BCUT2D eigenvalue weighted by atomic mass is 10.0. The SMILES string of the molecule is C=C(F)/C=C\C(=C/C)C(=O)NC1=CC(c2n[nH]c3ccc(-c4ncn[nH]4)cc23)=CC=CC1.CC. The Morgan fingerprint density at radius 1 is 1.24 bits per heavy atom. The average molecular weight is 459 g/mol. The van der Waals surface area contributed by atoms with Crippen LogP contribution in [0.2, 0.25) is 0 Å². The molecule has 0 bridgehead atoms. The zero-order chi connectivity index (χ0) is 24.5. The summed E-state index contributed by atoms with van der Waals surface area (Å²) in [6.45, 7) is 8.89. The van der Waals surface area contributed by atoms with E-state index in [2.05, 4.69) is 37.3 Å². The summed E-state index contributed by atoms with van der Waals surface area (Å²) < 4.78 is 12.9. The second-order valence-corrected chi connectivity index (χ2v) is 7.07. The van der Waals surface area contributed by atoms with Crippen molar-refractivity contribution < 1.29 is 9.18 Å². The van der Waals surface area contributed by atoms with Crippen LogP contribution in [0.25, 0.3) is 27.9 Å². The van der Waals surface area contributed by atoms with Gasteiger partial charge in [-0.1, -0.05) is 44.7 Å². The zero-order valence-corrected chi connectivity index (χ0v) is 19.4. The predicted octanol–water partition coefficient (Wildman–Crippen LogP) is 5.70. The van der Waals surface area contributed by atoms with Crippen LogP contribution in [-0.4, -0.2) is 31.3 Å². The van der Waals surface area contributed by atoms with Crippen LogP contribution >= 0.6 is 0 Å². The van der Waals surface area contributed by atoms with Gasteiger partial charge in [-0.05, 0) is 43.4 Å². The Labute approximate surface area is 197 Å². The summed E-state index contributed by atoms with van der Waals surface area (Å²) >= 11 is 0. The fourth-order valence-electron chi connectivity index (χ4n) is 3.32. The highest BCUT2D eigenvalue weighted by molar-refractivity contribution is 5.98. The molecule has 0 aliphatic heterocycles. The second-order valence-electron chi connectivity index (χ2n) is 7.07. The number of allylic oxidation sites excluding steroid dienone is 8. The van der Waals surface area contributed by atoms with Crippen molar-refractivity contribution in [2.24, 2.45) is 0 Å². The van der Waals surface area contributed by atoms with Crippen molar-refractivity contribution in [2.45, 2.75) is 27.2 Å². The third-order valence-corrected chi connectivity index (χ3v) is 4.90. The third kappa shape index (κ3) is 5.72. The van der Waals surface area contributed by atoms with E-state index in [0.29, 0.717) is 23.5 Å². The minimum absolute atomic E-state index is 0.328. The van der Waals surface area contributed by atoms with Crippen LogP contribution in [0, 0.1) is 0 Å². The Kier molecular flexibility index (Phi) is 8.23. The second kappa shape index (κ2) is 11.5. The Hall–Kier alpha value is -4.33. The summed E-state index contributed by atoms with van der Waals surface area (Å²) in [5, 5.41) is 18.1. The molecule has 4 rings (SSSR count). The number of halogens is 1. The van der Waals surface area contributed by atoms with Gasteiger partial charge in [0, 0.05) is 34.2 Å². The van der Waals surface area contributed by atoms with Crippen molar-refractivity contribution in [3.63, 3.8) is 0 Å². The molecule has 34 heavy (non-hydrogen) atoms. The van der Waals surface area contributed by atoms with E-state index in [1.54, 1.807) is 13.0 Å². The molecule has 0 spiro atoms. The van der Waals surface area contributed by atoms with E-state index >= 15 is 0 Å². The molecular formula is C26H27FN6O. The number of nitrogens with one attached hydrogen (secondary N) is 3. The molecule has 0 atom stereocenters. The Balaban J connectivity index is 0.00000158. The number of aromatic amines is 2. The molecule has 8 heteroatoms. The lowest BCUT2D eigenvalue weighted by molar-refractivity contribution is -0.116. The molecule has 0 unspecified atom stereocenters. The molecule has 0 saturated carbocycles. The first kappa shape index (κ1) is 24.3. The smallest absolute Gasteiger partial charge is 0.255 e. The standard InChI is InChI=1S/C24H21FN6O.C2H6/c1-3-16(9-8-15(2)25)24(32)28-19-7-5-4-6-17(12-19)22-20-13-18(23-26-14-27-31-23)10-11-21(20)29-30-22;1-2/h3-6,8-14H,2,7H2,1H3,(H,28,32)(H,29,30)(H,26,27,31);1-2H3/b9-8-,16-3+;. The van der Waals surface area contributed by atoms with E-state index in [1.807, 2.05) is 56.4 Å².